The maximum absolute atomic E-state index is 10.5. The summed E-state index contributed by atoms with van der Waals surface area (Å²) in [5.74, 6) is 0. The van der Waals surface area contributed by atoms with E-state index in [2.05, 4.69) is 21.2 Å². The Morgan fingerprint density at radius 1 is 1.44 bits per heavy atom. The largest absolute Gasteiger partial charge is 0.396 e. The first-order valence-electron chi connectivity index (χ1n) is 4.94. The van der Waals surface area contributed by atoms with Crippen LogP contribution in [0.2, 0.25) is 0 Å². The Morgan fingerprint density at radius 2 is 2.19 bits per heavy atom. The summed E-state index contributed by atoms with van der Waals surface area (Å²) in [5, 5.41) is 22.2. The summed E-state index contributed by atoms with van der Waals surface area (Å²) in [6, 6.07) is 4.59. The van der Waals surface area contributed by atoms with Gasteiger partial charge in [-0.25, -0.2) is 0 Å². The molecule has 6 heteroatoms. The Hall–Kier alpha value is -1.14. The molecular formula is C10H13BrN2O3. The number of benzene rings is 1. The zero-order valence-corrected chi connectivity index (χ0v) is 10.2. The molecule has 2 N–H and O–H groups in total. The van der Waals surface area contributed by atoms with Crippen molar-refractivity contribution in [3.8, 4) is 0 Å². The first-order valence-corrected chi connectivity index (χ1v) is 5.73. The molecule has 0 radical (unpaired) electrons. The summed E-state index contributed by atoms with van der Waals surface area (Å²) in [6.45, 7) is 0.917. The molecule has 0 aliphatic heterocycles. The van der Waals surface area contributed by atoms with Crippen LogP contribution in [0.4, 0.5) is 11.4 Å². The number of halogens is 1. The van der Waals surface area contributed by atoms with E-state index >= 15 is 0 Å². The highest BCUT2D eigenvalue weighted by molar-refractivity contribution is 9.10. The van der Waals surface area contributed by atoms with Crippen LogP contribution in [-0.4, -0.2) is 23.2 Å². The van der Waals surface area contributed by atoms with Crippen LogP contribution in [0.25, 0.3) is 0 Å². The molecule has 0 atom stereocenters. The topological polar surface area (TPSA) is 75.4 Å². The maximum Gasteiger partial charge on any atom is 0.270 e. The van der Waals surface area contributed by atoms with Gasteiger partial charge in [0.05, 0.1) is 4.92 Å². The molecule has 5 nitrogen and oxygen atoms in total. The van der Waals surface area contributed by atoms with Crippen molar-refractivity contribution in [2.24, 2.45) is 0 Å². The predicted molar refractivity (Wildman–Crippen MR) is 65.6 cm³/mol. The van der Waals surface area contributed by atoms with Crippen LogP contribution in [0.5, 0.6) is 0 Å². The molecule has 0 heterocycles. The van der Waals surface area contributed by atoms with Crippen molar-refractivity contribution in [1.29, 1.82) is 0 Å². The average molecular weight is 289 g/mol. The van der Waals surface area contributed by atoms with Gasteiger partial charge in [0.15, 0.2) is 0 Å². The molecule has 1 rings (SSSR count). The van der Waals surface area contributed by atoms with Gasteiger partial charge in [-0.05, 0) is 34.8 Å². The zero-order valence-electron chi connectivity index (χ0n) is 8.65. The molecule has 0 amide bonds. The fraction of sp³-hybridized carbons (Fsp3) is 0.400. The minimum atomic E-state index is -0.430. The van der Waals surface area contributed by atoms with E-state index in [0.717, 1.165) is 25.1 Å². The van der Waals surface area contributed by atoms with Crippen molar-refractivity contribution >= 4 is 27.3 Å². The number of anilines is 1. The number of aliphatic hydroxyl groups is 1. The Morgan fingerprint density at radius 3 is 2.75 bits per heavy atom. The highest BCUT2D eigenvalue weighted by atomic mass is 79.9. The van der Waals surface area contributed by atoms with Crippen LogP contribution in [-0.2, 0) is 0 Å². The van der Waals surface area contributed by atoms with Crippen molar-refractivity contribution in [3.63, 3.8) is 0 Å². The number of hydrogen-bond donors (Lipinski definition) is 2. The molecule has 0 unspecified atom stereocenters. The first kappa shape index (κ1) is 12.9. The Balaban J connectivity index is 2.57. The lowest BCUT2D eigenvalue weighted by molar-refractivity contribution is -0.384. The molecule has 0 saturated heterocycles. The number of aliphatic hydroxyl groups excluding tert-OH is 1. The van der Waals surface area contributed by atoms with Gasteiger partial charge in [-0.1, -0.05) is 0 Å². The fourth-order valence-corrected chi connectivity index (χ4v) is 1.73. The van der Waals surface area contributed by atoms with Crippen molar-refractivity contribution in [3.05, 3.63) is 32.8 Å². The predicted octanol–water partition coefficient (Wildman–Crippen LogP) is 2.54. The summed E-state index contributed by atoms with van der Waals surface area (Å²) in [4.78, 5) is 10.1. The third-order valence-corrected chi connectivity index (χ3v) is 2.72. The minimum absolute atomic E-state index is 0.0628. The standard InChI is InChI=1S/C10H13BrN2O3/c11-9-7-8(13(15)16)3-4-10(9)12-5-1-2-6-14/h3-4,7,12,14H,1-2,5-6H2. The maximum atomic E-state index is 10.5. The van der Waals surface area contributed by atoms with Crippen LogP contribution in [0.1, 0.15) is 12.8 Å². The van der Waals surface area contributed by atoms with Gasteiger partial charge < -0.3 is 10.4 Å². The molecule has 0 spiro atoms. The van der Waals surface area contributed by atoms with E-state index in [1.807, 2.05) is 0 Å². The van der Waals surface area contributed by atoms with Crippen molar-refractivity contribution in [2.75, 3.05) is 18.5 Å². The number of nitro groups is 1. The van der Waals surface area contributed by atoms with E-state index in [-0.39, 0.29) is 12.3 Å². The minimum Gasteiger partial charge on any atom is -0.396 e. The summed E-state index contributed by atoms with van der Waals surface area (Å²) in [6.07, 6.45) is 1.61. The van der Waals surface area contributed by atoms with Crippen molar-refractivity contribution in [1.82, 2.24) is 0 Å². The van der Waals surface area contributed by atoms with E-state index in [9.17, 15) is 10.1 Å². The normalized spacial score (nSPS) is 10.1. The smallest absolute Gasteiger partial charge is 0.270 e. The Kier molecular flexibility index (Phi) is 5.21. The van der Waals surface area contributed by atoms with Crippen molar-refractivity contribution in [2.45, 2.75) is 12.8 Å². The Bertz CT molecular complexity index is 371. The van der Waals surface area contributed by atoms with Gasteiger partial charge >= 0.3 is 0 Å². The third-order valence-electron chi connectivity index (χ3n) is 2.06. The van der Waals surface area contributed by atoms with Gasteiger partial charge in [0, 0.05) is 35.4 Å². The molecule has 1 aromatic carbocycles. The third kappa shape index (κ3) is 3.79. The number of non-ortho nitro benzene ring substituents is 1. The van der Waals surface area contributed by atoms with Crippen LogP contribution < -0.4 is 5.32 Å². The van der Waals surface area contributed by atoms with Gasteiger partial charge in [-0.3, -0.25) is 10.1 Å². The number of nitro benzene ring substituents is 1. The van der Waals surface area contributed by atoms with E-state index in [0.29, 0.717) is 4.47 Å². The monoisotopic (exact) mass is 288 g/mol. The molecule has 1 aromatic rings. The second-order valence-corrected chi connectivity index (χ2v) is 4.13. The molecule has 0 aliphatic rings. The molecular weight excluding hydrogens is 276 g/mol. The number of nitrogens with one attached hydrogen (secondary N) is 1. The van der Waals surface area contributed by atoms with E-state index in [1.165, 1.54) is 12.1 Å². The second-order valence-electron chi connectivity index (χ2n) is 3.28. The van der Waals surface area contributed by atoms with E-state index < -0.39 is 4.92 Å². The van der Waals surface area contributed by atoms with Crippen LogP contribution in [0.3, 0.4) is 0 Å². The van der Waals surface area contributed by atoms with Gasteiger partial charge in [-0.2, -0.15) is 0 Å². The summed E-state index contributed by atoms with van der Waals surface area (Å²) in [7, 11) is 0. The molecule has 0 aromatic heterocycles. The lowest BCUT2D eigenvalue weighted by Crippen LogP contribution is -2.03. The lowest BCUT2D eigenvalue weighted by Gasteiger charge is -2.07. The highest BCUT2D eigenvalue weighted by Crippen LogP contribution is 2.26. The van der Waals surface area contributed by atoms with Crippen LogP contribution in [0.15, 0.2) is 22.7 Å². The number of hydrogen-bond acceptors (Lipinski definition) is 4. The molecule has 0 fully saturated rings. The van der Waals surface area contributed by atoms with E-state index in [4.69, 9.17) is 5.11 Å². The van der Waals surface area contributed by atoms with E-state index in [1.54, 1.807) is 6.07 Å². The Labute approximate surface area is 102 Å². The average Bonchev–Trinajstić information content (AvgIpc) is 2.26. The number of rotatable bonds is 6. The quantitative estimate of drug-likeness (QED) is 0.479. The van der Waals surface area contributed by atoms with Crippen molar-refractivity contribution < 1.29 is 10.0 Å². The second kappa shape index (κ2) is 6.44. The van der Waals surface area contributed by atoms with Crippen LogP contribution in [0, 0.1) is 10.1 Å². The summed E-state index contributed by atoms with van der Waals surface area (Å²) in [5.41, 5.74) is 0.885. The van der Waals surface area contributed by atoms with Crippen LogP contribution >= 0.6 is 15.9 Å². The van der Waals surface area contributed by atoms with Gasteiger partial charge in [0.1, 0.15) is 0 Å². The molecule has 0 bridgehead atoms. The lowest BCUT2D eigenvalue weighted by atomic mass is 10.2. The van der Waals surface area contributed by atoms with Gasteiger partial charge in [-0.15, -0.1) is 0 Å². The molecule has 88 valence electrons. The van der Waals surface area contributed by atoms with Gasteiger partial charge in [0.25, 0.3) is 5.69 Å². The number of unbranched alkanes of at least 4 members (excludes halogenated alkanes) is 1. The van der Waals surface area contributed by atoms with Gasteiger partial charge in [0.2, 0.25) is 0 Å². The zero-order chi connectivity index (χ0) is 12.0. The molecule has 0 saturated carbocycles. The SMILES string of the molecule is O=[N+]([O-])c1ccc(NCCCCO)c(Br)c1. The fourth-order valence-electron chi connectivity index (χ4n) is 1.22. The molecule has 0 aliphatic carbocycles. The summed E-state index contributed by atoms with van der Waals surface area (Å²) < 4.78 is 0.672. The number of nitrogens with zero attached hydrogens (tertiary/aromatic N) is 1. The molecule has 16 heavy (non-hydrogen) atoms. The summed E-state index contributed by atoms with van der Waals surface area (Å²) >= 11 is 3.27. The highest BCUT2D eigenvalue weighted by Gasteiger charge is 2.08. The first-order chi connectivity index (χ1) is 7.65.